The van der Waals surface area contributed by atoms with Crippen molar-refractivity contribution in [3.8, 4) is 22.3 Å². The van der Waals surface area contributed by atoms with Crippen LogP contribution >= 0.6 is 11.3 Å². The first-order valence-electron chi connectivity index (χ1n) is 15.7. The lowest BCUT2D eigenvalue weighted by molar-refractivity contribution is 1.29. The lowest BCUT2D eigenvalue weighted by atomic mass is 10.0. The molecule has 1 aromatic heterocycles. The van der Waals surface area contributed by atoms with Crippen LogP contribution in [-0.2, 0) is 0 Å². The van der Waals surface area contributed by atoms with E-state index in [1.165, 1.54) is 64.0 Å². The predicted octanol–water partition coefficient (Wildman–Crippen LogP) is 13.2. The molecule has 46 heavy (non-hydrogen) atoms. The second kappa shape index (κ2) is 11.0. The minimum Gasteiger partial charge on any atom is -0.310 e. The highest BCUT2D eigenvalue weighted by Gasteiger charge is 2.16. The summed E-state index contributed by atoms with van der Waals surface area (Å²) in [7, 11) is 0. The van der Waals surface area contributed by atoms with Gasteiger partial charge in [-0.1, -0.05) is 115 Å². The van der Waals surface area contributed by atoms with Crippen LogP contribution in [0.2, 0.25) is 0 Å². The summed E-state index contributed by atoms with van der Waals surface area (Å²) in [6.07, 6.45) is 0. The number of anilines is 3. The average molecular weight is 604 g/mol. The number of rotatable bonds is 5. The summed E-state index contributed by atoms with van der Waals surface area (Å²) >= 11 is 1.87. The molecule has 0 fully saturated rings. The minimum atomic E-state index is 1.12. The van der Waals surface area contributed by atoms with E-state index in [0.717, 1.165) is 17.1 Å². The molecule has 0 saturated heterocycles. The zero-order chi connectivity index (χ0) is 30.5. The van der Waals surface area contributed by atoms with Crippen LogP contribution in [0, 0.1) is 0 Å². The van der Waals surface area contributed by atoms with Crippen molar-refractivity contribution >= 4 is 70.1 Å². The van der Waals surface area contributed by atoms with Gasteiger partial charge in [0.2, 0.25) is 0 Å². The van der Waals surface area contributed by atoms with E-state index in [-0.39, 0.29) is 0 Å². The van der Waals surface area contributed by atoms with Crippen molar-refractivity contribution in [3.63, 3.8) is 0 Å². The van der Waals surface area contributed by atoms with Gasteiger partial charge in [0.1, 0.15) is 0 Å². The van der Waals surface area contributed by atoms with Crippen LogP contribution in [0.3, 0.4) is 0 Å². The summed E-state index contributed by atoms with van der Waals surface area (Å²) in [4.78, 5) is 2.39. The lowest BCUT2D eigenvalue weighted by Gasteiger charge is -2.26. The Morgan fingerprint density at radius 3 is 1.67 bits per heavy atom. The van der Waals surface area contributed by atoms with Gasteiger partial charge in [-0.25, -0.2) is 0 Å². The highest BCUT2D eigenvalue weighted by molar-refractivity contribution is 7.25. The molecule has 0 atom stereocenters. The van der Waals surface area contributed by atoms with Gasteiger partial charge in [-0.3, -0.25) is 0 Å². The Balaban J connectivity index is 1.19. The van der Waals surface area contributed by atoms with Gasteiger partial charge in [-0.2, -0.15) is 0 Å². The summed E-state index contributed by atoms with van der Waals surface area (Å²) in [5.74, 6) is 0. The molecule has 0 radical (unpaired) electrons. The van der Waals surface area contributed by atoms with E-state index < -0.39 is 0 Å². The van der Waals surface area contributed by atoms with E-state index in [2.05, 4.69) is 181 Å². The highest BCUT2D eigenvalue weighted by atomic mass is 32.1. The van der Waals surface area contributed by atoms with E-state index >= 15 is 0 Å². The first-order valence-corrected chi connectivity index (χ1v) is 16.5. The Bertz CT molecular complexity index is 2530. The van der Waals surface area contributed by atoms with Crippen molar-refractivity contribution in [1.29, 1.82) is 0 Å². The number of fused-ring (bicyclic) bond motifs is 5. The van der Waals surface area contributed by atoms with Crippen molar-refractivity contribution in [2.45, 2.75) is 0 Å². The van der Waals surface area contributed by atoms with Crippen molar-refractivity contribution in [2.24, 2.45) is 0 Å². The molecule has 0 amide bonds. The fraction of sp³-hybridized carbons (Fsp3) is 0. The van der Waals surface area contributed by atoms with Gasteiger partial charge in [0, 0.05) is 37.2 Å². The summed E-state index contributed by atoms with van der Waals surface area (Å²) < 4.78 is 2.63. The molecule has 1 nitrogen and oxygen atoms in total. The first kappa shape index (κ1) is 26.7. The van der Waals surface area contributed by atoms with Gasteiger partial charge in [-0.05, 0) is 104 Å². The van der Waals surface area contributed by atoms with Crippen LogP contribution in [0.25, 0.3) is 64.0 Å². The zero-order valence-electron chi connectivity index (χ0n) is 25.1. The van der Waals surface area contributed by atoms with Crippen LogP contribution in [0.15, 0.2) is 176 Å². The third-order valence-electron chi connectivity index (χ3n) is 9.00. The van der Waals surface area contributed by atoms with Crippen LogP contribution in [-0.4, -0.2) is 0 Å². The van der Waals surface area contributed by atoms with Crippen LogP contribution in [0.1, 0.15) is 0 Å². The molecular weight excluding hydrogens is 575 g/mol. The van der Waals surface area contributed by atoms with Gasteiger partial charge in [0.15, 0.2) is 0 Å². The molecule has 216 valence electrons. The second-order valence-electron chi connectivity index (χ2n) is 11.8. The molecule has 0 aliphatic rings. The molecular formula is C44H29NS. The highest BCUT2D eigenvalue weighted by Crippen LogP contribution is 2.42. The number of benzene rings is 8. The maximum atomic E-state index is 2.39. The monoisotopic (exact) mass is 603 g/mol. The van der Waals surface area contributed by atoms with Gasteiger partial charge in [-0.15, -0.1) is 11.3 Å². The second-order valence-corrected chi connectivity index (χ2v) is 12.9. The van der Waals surface area contributed by atoms with Crippen molar-refractivity contribution in [3.05, 3.63) is 176 Å². The summed E-state index contributed by atoms with van der Waals surface area (Å²) in [6.45, 7) is 0. The van der Waals surface area contributed by atoms with Gasteiger partial charge < -0.3 is 4.90 Å². The number of hydrogen-bond acceptors (Lipinski definition) is 2. The maximum absolute atomic E-state index is 2.39. The van der Waals surface area contributed by atoms with Crippen LogP contribution < -0.4 is 4.90 Å². The van der Waals surface area contributed by atoms with Crippen LogP contribution in [0.5, 0.6) is 0 Å². The summed E-state index contributed by atoms with van der Waals surface area (Å²) in [5, 5.41) is 7.68. The molecule has 2 heteroatoms. The van der Waals surface area contributed by atoms with Gasteiger partial charge >= 0.3 is 0 Å². The van der Waals surface area contributed by atoms with Crippen LogP contribution in [0.4, 0.5) is 17.1 Å². The first-order chi connectivity index (χ1) is 22.8. The largest absolute Gasteiger partial charge is 0.310 e. The standard InChI is InChI=1S/C44H29NS/c1-2-9-30(10-3-1)34-15-8-16-39(26-34)45(38-21-19-32(20-22-38)37-18-17-31-11-4-5-12-33(31)25-37)40-23-24-43-42(29-40)41-27-35-13-6-7-14-36(35)28-44(41)46-43/h1-29H. The van der Waals surface area contributed by atoms with E-state index in [1.54, 1.807) is 0 Å². The Morgan fingerprint density at radius 2 is 0.870 bits per heavy atom. The van der Waals surface area contributed by atoms with Gasteiger partial charge in [0.05, 0.1) is 0 Å². The molecule has 0 N–H and O–H groups in total. The number of thiophene rings is 1. The van der Waals surface area contributed by atoms with E-state index in [9.17, 15) is 0 Å². The SMILES string of the molecule is c1ccc(-c2cccc(N(c3ccc(-c4ccc5ccccc5c4)cc3)c3ccc4sc5cc6ccccc6cc5c4c3)c2)cc1. The normalized spacial score (nSPS) is 11.5. The smallest absolute Gasteiger partial charge is 0.0468 e. The lowest BCUT2D eigenvalue weighted by Crippen LogP contribution is -2.10. The molecule has 0 bridgehead atoms. The molecule has 0 unspecified atom stereocenters. The molecule has 0 aliphatic carbocycles. The molecule has 9 aromatic rings. The quantitative estimate of drug-likeness (QED) is 0.189. The zero-order valence-corrected chi connectivity index (χ0v) is 25.9. The van der Waals surface area contributed by atoms with Crippen molar-refractivity contribution in [1.82, 2.24) is 0 Å². The minimum absolute atomic E-state index is 1.12. The Kier molecular flexibility index (Phi) is 6.40. The molecule has 1 heterocycles. The fourth-order valence-electron chi connectivity index (χ4n) is 6.66. The molecule has 0 saturated carbocycles. The third kappa shape index (κ3) is 4.72. The Hall–Kier alpha value is -5.70. The molecule has 8 aromatic carbocycles. The Morgan fingerprint density at radius 1 is 0.304 bits per heavy atom. The predicted molar refractivity (Wildman–Crippen MR) is 200 cm³/mol. The van der Waals surface area contributed by atoms with E-state index in [0.29, 0.717) is 0 Å². The average Bonchev–Trinajstić information content (AvgIpc) is 3.48. The molecule has 0 spiro atoms. The van der Waals surface area contributed by atoms with E-state index in [4.69, 9.17) is 0 Å². The molecule has 0 aliphatic heterocycles. The number of nitrogens with zero attached hydrogens (tertiary/aromatic N) is 1. The van der Waals surface area contributed by atoms with Crippen molar-refractivity contribution < 1.29 is 0 Å². The summed E-state index contributed by atoms with van der Waals surface area (Å²) in [5.41, 5.74) is 8.23. The maximum Gasteiger partial charge on any atom is 0.0468 e. The fourth-order valence-corrected chi connectivity index (χ4v) is 7.78. The number of hydrogen-bond donors (Lipinski definition) is 0. The molecule has 9 rings (SSSR count). The van der Waals surface area contributed by atoms with Gasteiger partial charge in [0.25, 0.3) is 0 Å². The van der Waals surface area contributed by atoms with E-state index in [1.807, 2.05) is 11.3 Å². The topological polar surface area (TPSA) is 3.24 Å². The summed E-state index contributed by atoms with van der Waals surface area (Å²) in [6, 6.07) is 64.0. The third-order valence-corrected chi connectivity index (χ3v) is 10.1. The van der Waals surface area contributed by atoms with Crippen molar-refractivity contribution in [2.75, 3.05) is 4.90 Å². The Labute approximate surface area is 272 Å².